The molecule has 7 nitrogen and oxygen atoms in total. The van der Waals surface area contributed by atoms with Crippen LogP contribution in [-0.4, -0.2) is 27.2 Å². The lowest BCUT2D eigenvalue weighted by molar-refractivity contribution is -0.138. The van der Waals surface area contributed by atoms with Crippen LogP contribution in [0.1, 0.15) is 16.7 Å². The molecule has 0 radical (unpaired) electrons. The van der Waals surface area contributed by atoms with Crippen LogP contribution in [0.3, 0.4) is 0 Å². The fourth-order valence-electron chi connectivity index (χ4n) is 2.83. The van der Waals surface area contributed by atoms with E-state index in [-0.39, 0.29) is 33.5 Å². The van der Waals surface area contributed by atoms with Gasteiger partial charge < -0.3 is 25.7 Å². The third kappa shape index (κ3) is 5.33. The number of ether oxygens (including phenoxy) is 1. The molecule has 0 saturated carbocycles. The van der Waals surface area contributed by atoms with Gasteiger partial charge in [0.05, 0.1) is 10.0 Å². The van der Waals surface area contributed by atoms with E-state index in [1.165, 1.54) is 12.1 Å². The average Bonchev–Trinajstić information content (AvgIpc) is 2.68. The lowest BCUT2D eigenvalue weighted by atomic mass is 10.1. The second-order valence-electron chi connectivity index (χ2n) is 6.67. The Hall–Kier alpha value is -3.00. The van der Waals surface area contributed by atoms with Crippen LogP contribution in [-0.2, 0) is 17.6 Å². The first-order chi connectivity index (χ1) is 14.2. The lowest BCUT2D eigenvalue weighted by Gasteiger charge is -2.14. The van der Waals surface area contributed by atoms with Gasteiger partial charge in [0.25, 0.3) is 0 Å². The highest BCUT2D eigenvalue weighted by Gasteiger charge is 2.17. The fourth-order valence-corrected chi connectivity index (χ4v) is 3.44. The van der Waals surface area contributed by atoms with Crippen LogP contribution in [0.15, 0.2) is 53.5 Å². The van der Waals surface area contributed by atoms with Gasteiger partial charge in [-0.25, -0.2) is 0 Å². The van der Waals surface area contributed by atoms with E-state index in [9.17, 15) is 14.7 Å². The van der Waals surface area contributed by atoms with Gasteiger partial charge in [0, 0.05) is 24.2 Å². The summed E-state index contributed by atoms with van der Waals surface area (Å²) in [6.07, 6.45) is 2.01. The summed E-state index contributed by atoms with van der Waals surface area (Å²) in [7, 11) is 0. The van der Waals surface area contributed by atoms with Gasteiger partial charge in [-0.3, -0.25) is 9.59 Å². The summed E-state index contributed by atoms with van der Waals surface area (Å²) in [5.74, 6) is -0.455. The Kier molecular flexibility index (Phi) is 6.66. The normalized spacial score (nSPS) is 11.8. The molecule has 0 spiro atoms. The Balaban J connectivity index is 1.83. The molecule has 0 amide bonds. The minimum absolute atomic E-state index is 0.0670. The summed E-state index contributed by atoms with van der Waals surface area (Å²) in [4.78, 5) is 24.7. The van der Waals surface area contributed by atoms with Crippen LogP contribution in [0.2, 0.25) is 10.0 Å². The summed E-state index contributed by atoms with van der Waals surface area (Å²) in [6.45, 7) is 0. The van der Waals surface area contributed by atoms with E-state index in [0.717, 1.165) is 5.56 Å². The molecule has 0 fully saturated rings. The van der Waals surface area contributed by atoms with E-state index in [4.69, 9.17) is 38.8 Å². The smallest absolute Gasteiger partial charge is 0.320 e. The van der Waals surface area contributed by atoms with Crippen molar-refractivity contribution in [3.05, 3.63) is 85.8 Å². The largest absolute Gasteiger partial charge is 0.508 e. The number of aromatic hydroxyl groups is 1. The van der Waals surface area contributed by atoms with Gasteiger partial charge in [0.15, 0.2) is 5.75 Å². The number of aromatic nitrogens is 1. The second kappa shape index (κ2) is 9.21. The zero-order chi connectivity index (χ0) is 21.8. The van der Waals surface area contributed by atoms with Crippen molar-refractivity contribution in [1.82, 2.24) is 4.98 Å². The summed E-state index contributed by atoms with van der Waals surface area (Å²) >= 11 is 12.6. The minimum atomic E-state index is -1.12. The standard InChI is InChI=1S/C21H18Cl2N2O5/c22-15-6-12(8-17(24)21(28)29)7-16(23)20(15)30-14-2-3-18(26)13(9-14)5-11-1-4-19(27)25-10-11/h1-4,6-7,9-10,17,26H,5,8,24H2,(H,25,27)(H,28,29)/t17-/m1/s1. The zero-order valence-electron chi connectivity index (χ0n) is 15.6. The third-order valence-corrected chi connectivity index (χ3v) is 4.91. The number of halogens is 2. The number of carboxylic acids is 1. The first-order valence-corrected chi connectivity index (χ1v) is 9.62. The van der Waals surface area contributed by atoms with Gasteiger partial charge in [-0.1, -0.05) is 29.3 Å². The predicted molar refractivity (Wildman–Crippen MR) is 114 cm³/mol. The molecule has 1 aromatic heterocycles. The number of carboxylic acid groups (broad SMARTS) is 1. The number of H-pyrrole nitrogens is 1. The van der Waals surface area contributed by atoms with Crippen LogP contribution in [0.4, 0.5) is 0 Å². The number of rotatable bonds is 7. The third-order valence-electron chi connectivity index (χ3n) is 4.34. The molecule has 5 N–H and O–H groups in total. The number of benzene rings is 2. The Morgan fingerprint density at radius 3 is 2.40 bits per heavy atom. The molecule has 1 heterocycles. The van der Waals surface area contributed by atoms with E-state index >= 15 is 0 Å². The molecule has 0 aliphatic rings. The first-order valence-electron chi connectivity index (χ1n) is 8.86. The van der Waals surface area contributed by atoms with Gasteiger partial charge in [-0.2, -0.15) is 0 Å². The van der Waals surface area contributed by atoms with E-state index in [2.05, 4.69) is 4.98 Å². The van der Waals surface area contributed by atoms with Gasteiger partial charge in [0.1, 0.15) is 17.5 Å². The number of phenolic OH excluding ortho intramolecular Hbond substituents is 1. The number of carbonyl (C=O) groups is 1. The Morgan fingerprint density at radius 2 is 1.80 bits per heavy atom. The quantitative estimate of drug-likeness (QED) is 0.436. The van der Waals surface area contributed by atoms with Crippen molar-refractivity contribution >= 4 is 29.2 Å². The molecule has 0 aliphatic carbocycles. The second-order valence-corrected chi connectivity index (χ2v) is 7.48. The molecule has 156 valence electrons. The summed E-state index contributed by atoms with van der Waals surface area (Å²) in [6, 6.07) is 9.79. The van der Waals surface area contributed by atoms with E-state index in [1.807, 2.05) is 0 Å². The van der Waals surface area contributed by atoms with Gasteiger partial charge in [-0.05, 0) is 47.9 Å². The molecule has 0 unspecified atom stereocenters. The average molecular weight is 449 g/mol. The Labute approximate surface area is 181 Å². The minimum Gasteiger partial charge on any atom is -0.508 e. The molecule has 3 aromatic rings. The number of hydrogen-bond donors (Lipinski definition) is 4. The lowest BCUT2D eigenvalue weighted by Crippen LogP contribution is -2.32. The molecular formula is C21H18Cl2N2O5. The molecule has 9 heteroatoms. The van der Waals surface area contributed by atoms with Gasteiger partial charge >= 0.3 is 5.97 Å². The van der Waals surface area contributed by atoms with Crippen molar-refractivity contribution < 1.29 is 19.7 Å². The predicted octanol–water partition coefficient (Wildman–Crippen LogP) is 3.72. The molecule has 3 rings (SSSR count). The highest BCUT2D eigenvalue weighted by molar-refractivity contribution is 6.37. The molecule has 0 bridgehead atoms. The SMILES string of the molecule is N[C@H](Cc1cc(Cl)c(Oc2ccc(O)c(Cc3ccc(=O)[nH]c3)c2)c(Cl)c1)C(=O)O. The topological polar surface area (TPSA) is 126 Å². The van der Waals surface area contributed by atoms with Crippen LogP contribution in [0.25, 0.3) is 0 Å². The van der Waals surface area contributed by atoms with E-state index in [0.29, 0.717) is 23.3 Å². The summed E-state index contributed by atoms with van der Waals surface area (Å²) < 4.78 is 5.82. The molecule has 0 aliphatic heterocycles. The van der Waals surface area contributed by atoms with Crippen molar-refractivity contribution in [1.29, 1.82) is 0 Å². The van der Waals surface area contributed by atoms with Crippen LogP contribution in [0, 0.1) is 0 Å². The number of pyridine rings is 1. The van der Waals surface area contributed by atoms with Crippen molar-refractivity contribution in [3.63, 3.8) is 0 Å². The number of phenols is 1. The Bertz CT molecular complexity index is 1100. The van der Waals surface area contributed by atoms with Gasteiger partial charge in [0.2, 0.25) is 5.56 Å². The first kappa shape index (κ1) is 21.7. The van der Waals surface area contributed by atoms with Crippen molar-refractivity contribution in [2.24, 2.45) is 5.73 Å². The summed E-state index contributed by atoms with van der Waals surface area (Å²) in [5.41, 5.74) is 7.29. The zero-order valence-corrected chi connectivity index (χ0v) is 17.1. The Morgan fingerprint density at radius 1 is 1.10 bits per heavy atom. The molecular weight excluding hydrogens is 431 g/mol. The van der Waals surface area contributed by atoms with Crippen LogP contribution < -0.4 is 16.0 Å². The fraction of sp³-hybridized carbons (Fsp3) is 0.143. The number of aliphatic carboxylic acids is 1. The molecule has 1 atom stereocenters. The number of nitrogens with one attached hydrogen (secondary N) is 1. The number of aromatic amines is 1. The molecule has 0 saturated heterocycles. The van der Waals surface area contributed by atoms with Gasteiger partial charge in [-0.15, -0.1) is 0 Å². The van der Waals surface area contributed by atoms with Crippen molar-refractivity contribution in [2.75, 3.05) is 0 Å². The highest BCUT2D eigenvalue weighted by Crippen LogP contribution is 2.38. The number of nitrogens with two attached hydrogens (primary N) is 1. The van der Waals surface area contributed by atoms with E-state index < -0.39 is 12.0 Å². The number of hydrogen-bond acceptors (Lipinski definition) is 5. The maximum Gasteiger partial charge on any atom is 0.320 e. The molecule has 2 aromatic carbocycles. The van der Waals surface area contributed by atoms with Crippen molar-refractivity contribution in [3.8, 4) is 17.2 Å². The highest BCUT2D eigenvalue weighted by atomic mass is 35.5. The summed E-state index contributed by atoms with van der Waals surface area (Å²) in [5, 5.41) is 19.5. The van der Waals surface area contributed by atoms with Crippen molar-refractivity contribution in [2.45, 2.75) is 18.9 Å². The maximum atomic E-state index is 11.2. The van der Waals surface area contributed by atoms with Crippen LogP contribution in [0.5, 0.6) is 17.2 Å². The van der Waals surface area contributed by atoms with Crippen LogP contribution >= 0.6 is 23.2 Å². The monoisotopic (exact) mass is 448 g/mol. The molecule has 30 heavy (non-hydrogen) atoms. The maximum absolute atomic E-state index is 11.2. The van der Waals surface area contributed by atoms with E-state index in [1.54, 1.807) is 36.5 Å².